The number of nitrogens with zero attached hydrogens (tertiary/aromatic N) is 3. The second kappa shape index (κ2) is 8.14. The zero-order valence-electron chi connectivity index (χ0n) is 17.4. The van der Waals surface area contributed by atoms with E-state index in [9.17, 15) is 8.42 Å². The van der Waals surface area contributed by atoms with E-state index in [-0.39, 0.29) is 4.90 Å². The third kappa shape index (κ3) is 3.74. The number of ether oxygens (including phenoxy) is 1. The largest absolute Gasteiger partial charge is 0.429 e. The molecule has 0 spiro atoms. The molecule has 9 heteroatoms. The number of morpholine rings is 1. The lowest BCUT2D eigenvalue weighted by atomic mass is 10.1. The fourth-order valence-corrected chi connectivity index (χ4v) is 6.26. The van der Waals surface area contributed by atoms with Gasteiger partial charge in [0.1, 0.15) is 0 Å². The van der Waals surface area contributed by atoms with Gasteiger partial charge in [0.25, 0.3) is 4.84 Å². The second-order valence-electron chi connectivity index (χ2n) is 8.09. The number of fused-ring (bicyclic) bond motifs is 2. The summed E-state index contributed by atoms with van der Waals surface area (Å²) in [6.45, 7) is 2.07. The van der Waals surface area contributed by atoms with Crippen molar-refractivity contribution in [3.05, 3.63) is 58.4 Å². The lowest BCUT2D eigenvalue weighted by Gasteiger charge is -2.26. The number of sulfonamides is 1. The van der Waals surface area contributed by atoms with Crippen LogP contribution in [0.3, 0.4) is 0 Å². The molecule has 2 heterocycles. The van der Waals surface area contributed by atoms with Gasteiger partial charge in [-0.1, -0.05) is 24.3 Å². The van der Waals surface area contributed by atoms with Crippen LogP contribution in [-0.2, 0) is 27.8 Å². The smallest absolute Gasteiger partial charge is 0.270 e. The third-order valence-electron chi connectivity index (χ3n) is 6.24. The maximum Gasteiger partial charge on any atom is 0.270 e. The number of oxazole rings is 1. The molecule has 1 atom stereocenters. The van der Waals surface area contributed by atoms with Gasteiger partial charge < -0.3 is 9.15 Å². The Labute approximate surface area is 186 Å². The van der Waals surface area contributed by atoms with Crippen LogP contribution in [0, 0.1) is 4.84 Å². The van der Waals surface area contributed by atoms with E-state index in [4.69, 9.17) is 21.4 Å². The number of aromatic nitrogens is 1. The van der Waals surface area contributed by atoms with Gasteiger partial charge >= 0.3 is 0 Å². The van der Waals surface area contributed by atoms with E-state index in [1.807, 2.05) is 4.57 Å². The fourth-order valence-electron chi connectivity index (χ4n) is 4.59. The van der Waals surface area contributed by atoms with Gasteiger partial charge in [0.2, 0.25) is 10.0 Å². The summed E-state index contributed by atoms with van der Waals surface area (Å²) in [4.78, 5) is 2.84. The van der Waals surface area contributed by atoms with Crippen LogP contribution in [-0.4, -0.2) is 55.5 Å². The first kappa shape index (κ1) is 20.8. The Balaban J connectivity index is 1.47. The summed E-state index contributed by atoms with van der Waals surface area (Å²) >= 11 is 5.48. The predicted octanol–water partition coefficient (Wildman–Crippen LogP) is 3.56. The molecular weight excluding hydrogens is 434 g/mol. The van der Waals surface area contributed by atoms with Crippen molar-refractivity contribution in [3.63, 3.8) is 0 Å². The molecule has 0 bridgehead atoms. The first-order valence-corrected chi connectivity index (χ1v) is 12.3. The van der Waals surface area contributed by atoms with E-state index in [2.05, 4.69) is 36.2 Å². The van der Waals surface area contributed by atoms with Crippen molar-refractivity contribution in [1.29, 1.82) is 0 Å². The minimum absolute atomic E-state index is 0.250. The van der Waals surface area contributed by atoms with Crippen LogP contribution in [0.2, 0.25) is 0 Å². The highest BCUT2D eigenvalue weighted by molar-refractivity contribution is 7.89. The van der Waals surface area contributed by atoms with E-state index in [0.29, 0.717) is 55.0 Å². The molecule has 1 saturated heterocycles. The molecule has 1 aliphatic heterocycles. The maximum absolute atomic E-state index is 13.1. The topological polar surface area (TPSA) is 67.9 Å². The van der Waals surface area contributed by atoms with Crippen LogP contribution < -0.4 is 0 Å². The number of benzene rings is 2. The molecule has 1 unspecified atom stereocenters. The van der Waals surface area contributed by atoms with Gasteiger partial charge in [0, 0.05) is 19.1 Å². The quantitative estimate of drug-likeness (QED) is 0.544. The van der Waals surface area contributed by atoms with Crippen molar-refractivity contribution in [1.82, 2.24) is 13.8 Å². The van der Waals surface area contributed by atoms with Gasteiger partial charge in [-0.2, -0.15) is 4.31 Å². The summed E-state index contributed by atoms with van der Waals surface area (Å²) in [5.41, 5.74) is 4.02. The van der Waals surface area contributed by atoms with Crippen molar-refractivity contribution >= 4 is 33.3 Å². The lowest BCUT2D eigenvalue weighted by Crippen LogP contribution is -2.40. The lowest BCUT2D eigenvalue weighted by molar-refractivity contribution is 0.0730. The molecule has 1 aliphatic carbocycles. The standard InChI is InChI=1S/C22H25N3O4S2/c1-23(19-8-6-16-4-2-3-5-18(16)19)15-25-20-14-17(7-9-21(20)29-22(25)30)31(26,27)24-10-12-28-13-11-24/h2-5,7,9,14,19H,6,8,10-13,15H2,1H3. The Morgan fingerprint density at radius 2 is 1.94 bits per heavy atom. The molecule has 0 saturated carbocycles. The van der Waals surface area contributed by atoms with Crippen LogP contribution in [0.4, 0.5) is 0 Å². The molecule has 0 N–H and O–H groups in total. The van der Waals surface area contributed by atoms with Gasteiger partial charge in [-0.05, 0) is 61.4 Å². The Hall–Kier alpha value is -2.04. The van der Waals surface area contributed by atoms with Crippen molar-refractivity contribution in [2.24, 2.45) is 0 Å². The molecule has 1 fully saturated rings. The summed E-state index contributed by atoms with van der Waals surface area (Å²) in [6, 6.07) is 13.8. The Bertz CT molecular complexity index is 1280. The van der Waals surface area contributed by atoms with Crippen LogP contribution in [0.15, 0.2) is 51.8 Å². The minimum Gasteiger partial charge on any atom is -0.429 e. The number of rotatable bonds is 5. The monoisotopic (exact) mass is 459 g/mol. The number of hydrogen-bond donors (Lipinski definition) is 0. The molecule has 1 aromatic heterocycles. The van der Waals surface area contributed by atoms with E-state index >= 15 is 0 Å². The molecule has 5 rings (SSSR count). The molecular formula is C22H25N3O4S2. The number of aryl methyl sites for hydroxylation is 1. The molecule has 0 radical (unpaired) electrons. The molecule has 164 valence electrons. The van der Waals surface area contributed by atoms with Crippen LogP contribution in [0.5, 0.6) is 0 Å². The third-order valence-corrected chi connectivity index (χ3v) is 8.44. The molecule has 2 aliphatic rings. The van der Waals surface area contributed by atoms with Crippen LogP contribution >= 0.6 is 12.2 Å². The van der Waals surface area contributed by atoms with E-state index in [1.54, 1.807) is 18.2 Å². The summed E-state index contributed by atoms with van der Waals surface area (Å²) in [7, 11) is -1.52. The fraction of sp³-hybridized carbons (Fsp3) is 0.409. The predicted molar refractivity (Wildman–Crippen MR) is 120 cm³/mol. The SMILES string of the molecule is CN(Cn1c(=S)oc2ccc(S(=O)(=O)N3CCOCC3)cc21)C1CCc2ccccc21. The van der Waals surface area contributed by atoms with Gasteiger partial charge in [0.15, 0.2) is 5.58 Å². The molecule has 3 aromatic rings. The Morgan fingerprint density at radius 1 is 1.16 bits per heavy atom. The Morgan fingerprint density at radius 3 is 2.74 bits per heavy atom. The second-order valence-corrected chi connectivity index (χ2v) is 10.4. The van der Waals surface area contributed by atoms with Crippen molar-refractivity contribution < 1.29 is 17.6 Å². The Kier molecular flexibility index (Phi) is 5.47. The van der Waals surface area contributed by atoms with Crippen LogP contribution in [0.25, 0.3) is 11.1 Å². The average molecular weight is 460 g/mol. The van der Waals surface area contributed by atoms with Gasteiger partial charge in [-0.3, -0.25) is 9.47 Å². The zero-order valence-corrected chi connectivity index (χ0v) is 19.0. The first-order valence-electron chi connectivity index (χ1n) is 10.4. The zero-order chi connectivity index (χ0) is 21.6. The van der Waals surface area contributed by atoms with Crippen molar-refractivity contribution in [3.8, 4) is 0 Å². The normalized spacial score (nSPS) is 19.9. The minimum atomic E-state index is -3.59. The van der Waals surface area contributed by atoms with Gasteiger partial charge in [-0.25, -0.2) is 8.42 Å². The number of hydrogen-bond acceptors (Lipinski definition) is 6. The summed E-state index contributed by atoms with van der Waals surface area (Å²) in [6.07, 6.45) is 2.11. The highest BCUT2D eigenvalue weighted by Gasteiger charge is 2.28. The average Bonchev–Trinajstić information content (AvgIpc) is 3.35. The van der Waals surface area contributed by atoms with E-state index in [0.717, 1.165) is 12.8 Å². The summed E-state index contributed by atoms with van der Waals surface area (Å²) < 4.78 is 40.6. The first-order chi connectivity index (χ1) is 14.9. The molecule has 0 amide bonds. The van der Waals surface area contributed by atoms with E-state index in [1.165, 1.54) is 15.4 Å². The highest BCUT2D eigenvalue weighted by atomic mass is 32.2. The maximum atomic E-state index is 13.1. The van der Waals surface area contributed by atoms with Crippen molar-refractivity contribution in [2.45, 2.75) is 30.4 Å². The molecule has 7 nitrogen and oxygen atoms in total. The van der Waals surface area contributed by atoms with Gasteiger partial charge in [0.05, 0.1) is 30.3 Å². The summed E-state index contributed by atoms with van der Waals surface area (Å²) in [5.74, 6) is 0. The van der Waals surface area contributed by atoms with Crippen molar-refractivity contribution in [2.75, 3.05) is 33.4 Å². The van der Waals surface area contributed by atoms with Gasteiger partial charge in [-0.15, -0.1) is 0 Å². The molecule has 31 heavy (non-hydrogen) atoms. The molecule has 2 aromatic carbocycles. The summed E-state index contributed by atoms with van der Waals surface area (Å²) in [5, 5.41) is 0. The van der Waals surface area contributed by atoms with Crippen LogP contribution in [0.1, 0.15) is 23.6 Å². The highest BCUT2D eigenvalue weighted by Crippen LogP contribution is 2.35. The van der Waals surface area contributed by atoms with E-state index < -0.39 is 10.0 Å².